The summed E-state index contributed by atoms with van der Waals surface area (Å²) < 4.78 is 37.5. The molecule has 0 radical (unpaired) electrons. The maximum absolute atomic E-state index is 13.5. The number of halogens is 2. The van der Waals surface area contributed by atoms with Crippen molar-refractivity contribution in [2.24, 2.45) is 0 Å². The predicted octanol–water partition coefficient (Wildman–Crippen LogP) is 5.22. The van der Waals surface area contributed by atoms with Crippen molar-refractivity contribution in [3.05, 3.63) is 89.7 Å². The minimum atomic E-state index is -1.15. The van der Waals surface area contributed by atoms with Crippen LogP contribution in [-0.2, 0) is 0 Å². The SMILES string of the molecule is COc1ccc(NC(=O)c2oc3ccccc3c2NC(=O)c2ccc(F)c(F)c2)cc1. The standard InChI is InChI=1S/C23H16F2N2O4/c1-30-15-9-7-14(8-10-15)26-23(29)21-20(16-4-2-3-5-19(16)31-21)27-22(28)13-6-11-17(24)18(25)12-13/h2-12H,1H3,(H,26,29)(H,27,28). The second kappa shape index (κ2) is 8.27. The lowest BCUT2D eigenvalue weighted by Gasteiger charge is -2.08. The zero-order chi connectivity index (χ0) is 22.0. The molecule has 0 aliphatic rings. The van der Waals surface area contributed by atoms with Crippen LogP contribution in [0.1, 0.15) is 20.9 Å². The van der Waals surface area contributed by atoms with Gasteiger partial charge in [0.05, 0.1) is 7.11 Å². The highest BCUT2D eigenvalue weighted by atomic mass is 19.2. The lowest BCUT2D eigenvalue weighted by Crippen LogP contribution is -2.17. The fourth-order valence-electron chi connectivity index (χ4n) is 3.01. The summed E-state index contributed by atoms with van der Waals surface area (Å²) in [5.74, 6) is -3.04. The van der Waals surface area contributed by atoms with Crippen molar-refractivity contribution in [1.29, 1.82) is 0 Å². The normalized spacial score (nSPS) is 10.7. The first-order valence-corrected chi connectivity index (χ1v) is 9.19. The molecule has 3 aromatic carbocycles. The van der Waals surface area contributed by atoms with E-state index >= 15 is 0 Å². The average Bonchev–Trinajstić information content (AvgIpc) is 3.14. The third-order valence-corrected chi connectivity index (χ3v) is 4.57. The van der Waals surface area contributed by atoms with Crippen molar-refractivity contribution in [2.75, 3.05) is 17.7 Å². The Balaban J connectivity index is 1.67. The van der Waals surface area contributed by atoms with Crippen LogP contribution < -0.4 is 15.4 Å². The van der Waals surface area contributed by atoms with Crippen LogP contribution in [0.2, 0.25) is 0 Å². The molecule has 0 atom stereocenters. The summed E-state index contributed by atoms with van der Waals surface area (Å²) in [5, 5.41) is 5.75. The Morgan fingerprint density at radius 1 is 0.871 bits per heavy atom. The Kier molecular flexibility index (Phi) is 5.36. The Labute approximate surface area is 175 Å². The van der Waals surface area contributed by atoms with Gasteiger partial charge in [0.1, 0.15) is 17.0 Å². The molecule has 6 nitrogen and oxygen atoms in total. The molecular formula is C23H16F2N2O4. The molecule has 0 aliphatic heterocycles. The maximum Gasteiger partial charge on any atom is 0.293 e. The number of anilines is 2. The average molecular weight is 422 g/mol. The zero-order valence-corrected chi connectivity index (χ0v) is 16.2. The van der Waals surface area contributed by atoms with Crippen LogP contribution in [0.5, 0.6) is 5.75 Å². The Morgan fingerprint density at radius 2 is 1.61 bits per heavy atom. The van der Waals surface area contributed by atoms with Crippen LogP contribution in [0.3, 0.4) is 0 Å². The molecular weight excluding hydrogens is 406 g/mol. The van der Waals surface area contributed by atoms with Gasteiger partial charge in [-0.3, -0.25) is 9.59 Å². The molecule has 0 saturated carbocycles. The van der Waals surface area contributed by atoms with E-state index in [1.54, 1.807) is 48.5 Å². The molecule has 2 amide bonds. The largest absolute Gasteiger partial charge is 0.497 e. The summed E-state index contributed by atoms with van der Waals surface area (Å²) in [7, 11) is 1.53. The molecule has 1 aromatic heterocycles. The highest BCUT2D eigenvalue weighted by molar-refractivity contribution is 6.16. The minimum absolute atomic E-state index is 0.106. The van der Waals surface area contributed by atoms with E-state index in [0.29, 0.717) is 22.4 Å². The first-order valence-electron chi connectivity index (χ1n) is 9.19. The number of benzene rings is 3. The molecule has 0 spiro atoms. The number of carbonyl (C=O) groups excluding carboxylic acids is 2. The summed E-state index contributed by atoms with van der Waals surface area (Å²) in [4.78, 5) is 25.5. The first kappa shape index (κ1) is 20.1. The molecule has 0 bridgehead atoms. The molecule has 31 heavy (non-hydrogen) atoms. The van der Waals surface area contributed by atoms with E-state index in [1.807, 2.05) is 0 Å². The van der Waals surface area contributed by atoms with Crippen LogP contribution in [0.15, 0.2) is 71.1 Å². The number of para-hydroxylation sites is 1. The molecule has 8 heteroatoms. The molecule has 0 fully saturated rings. The fraction of sp³-hybridized carbons (Fsp3) is 0.0435. The number of methoxy groups -OCH3 is 1. The Bertz CT molecular complexity index is 1280. The molecule has 0 aliphatic carbocycles. The van der Waals surface area contributed by atoms with Crippen molar-refractivity contribution < 1.29 is 27.5 Å². The Hall–Kier alpha value is -4.20. The first-order chi connectivity index (χ1) is 15.0. The van der Waals surface area contributed by atoms with Gasteiger partial charge < -0.3 is 19.8 Å². The Morgan fingerprint density at radius 3 is 2.32 bits per heavy atom. The van der Waals surface area contributed by atoms with Crippen molar-refractivity contribution in [2.45, 2.75) is 0 Å². The van der Waals surface area contributed by atoms with Gasteiger partial charge >= 0.3 is 0 Å². The smallest absolute Gasteiger partial charge is 0.293 e. The van der Waals surface area contributed by atoms with Crippen LogP contribution in [0, 0.1) is 11.6 Å². The number of furan rings is 1. The molecule has 156 valence electrons. The minimum Gasteiger partial charge on any atom is -0.497 e. The molecule has 2 N–H and O–H groups in total. The number of hydrogen-bond acceptors (Lipinski definition) is 4. The topological polar surface area (TPSA) is 80.6 Å². The third-order valence-electron chi connectivity index (χ3n) is 4.57. The van der Waals surface area contributed by atoms with E-state index in [1.165, 1.54) is 7.11 Å². The van der Waals surface area contributed by atoms with Crippen molar-refractivity contribution >= 4 is 34.2 Å². The monoisotopic (exact) mass is 422 g/mol. The summed E-state index contributed by atoms with van der Waals surface area (Å²) in [6.45, 7) is 0. The zero-order valence-electron chi connectivity index (χ0n) is 16.2. The van der Waals surface area contributed by atoms with Gasteiger partial charge in [-0.05, 0) is 54.6 Å². The van der Waals surface area contributed by atoms with Crippen LogP contribution in [0.4, 0.5) is 20.2 Å². The van der Waals surface area contributed by atoms with Gasteiger partial charge in [0.2, 0.25) is 5.76 Å². The summed E-state index contributed by atoms with van der Waals surface area (Å²) in [6.07, 6.45) is 0. The van der Waals surface area contributed by atoms with E-state index in [4.69, 9.17) is 9.15 Å². The van der Waals surface area contributed by atoms with Crippen molar-refractivity contribution in [3.63, 3.8) is 0 Å². The molecule has 1 heterocycles. The predicted molar refractivity (Wildman–Crippen MR) is 111 cm³/mol. The van der Waals surface area contributed by atoms with E-state index in [0.717, 1.165) is 18.2 Å². The summed E-state index contributed by atoms with van der Waals surface area (Å²) >= 11 is 0. The molecule has 0 unspecified atom stereocenters. The van der Waals surface area contributed by atoms with Crippen molar-refractivity contribution in [3.8, 4) is 5.75 Å². The second-order valence-electron chi connectivity index (χ2n) is 6.57. The number of carbonyl (C=O) groups is 2. The molecule has 4 aromatic rings. The lowest BCUT2D eigenvalue weighted by atomic mass is 10.1. The molecule has 4 rings (SSSR count). The fourth-order valence-corrected chi connectivity index (χ4v) is 3.01. The van der Waals surface area contributed by atoms with Gasteiger partial charge in [-0.15, -0.1) is 0 Å². The van der Waals surface area contributed by atoms with Crippen LogP contribution >= 0.6 is 0 Å². The van der Waals surface area contributed by atoms with Gasteiger partial charge in [-0.25, -0.2) is 8.78 Å². The quantitative estimate of drug-likeness (QED) is 0.462. The number of nitrogens with one attached hydrogen (secondary N) is 2. The summed E-state index contributed by atoms with van der Waals surface area (Å²) in [6, 6.07) is 16.2. The highest BCUT2D eigenvalue weighted by Gasteiger charge is 2.23. The number of rotatable bonds is 5. The van der Waals surface area contributed by atoms with E-state index < -0.39 is 23.4 Å². The summed E-state index contributed by atoms with van der Waals surface area (Å²) in [5.41, 5.74) is 0.883. The second-order valence-corrected chi connectivity index (χ2v) is 6.57. The van der Waals surface area contributed by atoms with Gasteiger partial charge in [-0.2, -0.15) is 0 Å². The number of hydrogen-bond donors (Lipinski definition) is 2. The highest BCUT2D eigenvalue weighted by Crippen LogP contribution is 2.32. The maximum atomic E-state index is 13.5. The number of ether oxygens (including phenoxy) is 1. The van der Waals surface area contributed by atoms with Crippen LogP contribution in [0.25, 0.3) is 11.0 Å². The van der Waals surface area contributed by atoms with Gasteiger partial charge in [0, 0.05) is 16.6 Å². The third kappa shape index (κ3) is 4.09. The lowest BCUT2D eigenvalue weighted by molar-refractivity contribution is 0.0999. The number of fused-ring (bicyclic) bond motifs is 1. The van der Waals surface area contributed by atoms with Gasteiger partial charge in [-0.1, -0.05) is 12.1 Å². The van der Waals surface area contributed by atoms with Gasteiger partial charge in [0.25, 0.3) is 11.8 Å². The molecule has 0 saturated heterocycles. The van der Waals surface area contributed by atoms with Crippen molar-refractivity contribution in [1.82, 2.24) is 0 Å². The van der Waals surface area contributed by atoms with Crippen LogP contribution in [-0.4, -0.2) is 18.9 Å². The van der Waals surface area contributed by atoms with E-state index in [9.17, 15) is 18.4 Å². The van der Waals surface area contributed by atoms with E-state index in [-0.39, 0.29) is 17.0 Å². The van der Waals surface area contributed by atoms with E-state index in [2.05, 4.69) is 10.6 Å². The number of amides is 2. The van der Waals surface area contributed by atoms with Gasteiger partial charge in [0.15, 0.2) is 11.6 Å².